The van der Waals surface area contributed by atoms with Crippen LogP contribution in [0.2, 0.25) is 0 Å². The van der Waals surface area contributed by atoms with E-state index in [0.29, 0.717) is 6.04 Å². The second-order valence-corrected chi connectivity index (χ2v) is 12.4. The largest absolute Gasteiger partial charge is 0.471 e. The maximum atomic E-state index is 7.22. The Hall–Kier alpha value is -3.51. The summed E-state index contributed by atoms with van der Waals surface area (Å²) < 4.78 is 7.22. The molecule has 6 rings (SSSR count). The van der Waals surface area contributed by atoms with Crippen LogP contribution in [0.1, 0.15) is 55.0 Å². The zero-order valence-electron chi connectivity index (χ0n) is 24.4. The number of hydrogen-bond donors (Lipinski definition) is 0. The number of fused-ring (bicyclic) bond motifs is 3. The van der Waals surface area contributed by atoms with Crippen molar-refractivity contribution in [1.29, 1.82) is 0 Å². The Morgan fingerprint density at radius 1 is 0.800 bits per heavy atom. The molecule has 0 amide bonds. The molecular weight excluding hydrogens is 512 g/mol. The van der Waals surface area contributed by atoms with Crippen LogP contribution in [0.5, 0.6) is 5.75 Å². The molecule has 1 aromatic heterocycles. The molecule has 0 atom stereocenters. The molecule has 0 spiro atoms. The summed E-state index contributed by atoms with van der Waals surface area (Å²) in [7, 11) is 8.32. The molecule has 1 fully saturated rings. The van der Waals surface area contributed by atoms with Crippen LogP contribution in [0.25, 0.3) is 11.3 Å². The van der Waals surface area contributed by atoms with Gasteiger partial charge in [-0.1, -0.05) is 67.0 Å². The molecular formula is C34H40N4OS. The zero-order chi connectivity index (χ0) is 27.9. The monoisotopic (exact) mass is 552 g/mol. The molecule has 5 nitrogen and oxygen atoms in total. The van der Waals surface area contributed by atoms with Gasteiger partial charge in [0.15, 0.2) is 10.7 Å². The molecule has 4 aromatic rings. The van der Waals surface area contributed by atoms with Crippen LogP contribution in [0, 0.1) is 0 Å². The molecule has 40 heavy (non-hydrogen) atoms. The van der Waals surface area contributed by atoms with E-state index in [1.807, 2.05) is 11.3 Å². The Kier molecular flexibility index (Phi) is 7.22. The SMILES string of the molecule is CCN(c1nc2c(s1)C(c1ccc(N(C)C)cc1)(c1ccc(N(C)C)cc1)Oc1ccccc1-2)C1CCCCC1. The van der Waals surface area contributed by atoms with Crippen molar-refractivity contribution < 1.29 is 4.74 Å². The van der Waals surface area contributed by atoms with Gasteiger partial charge in [-0.15, -0.1) is 0 Å². The highest BCUT2D eigenvalue weighted by molar-refractivity contribution is 7.16. The molecule has 1 saturated carbocycles. The maximum Gasteiger partial charge on any atom is 0.195 e. The summed E-state index contributed by atoms with van der Waals surface area (Å²) in [4.78, 5) is 13.4. The van der Waals surface area contributed by atoms with Crippen molar-refractivity contribution in [1.82, 2.24) is 4.98 Å². The third-order valence-electron chi connectivity index (χ3n) is 8.52. The lowest BCUT2D eigenvalue weighted by Crippen LogP contribution is -2.38. The standard InChI is InChI=1S/C34H40N4OS/c1-6-38(28-12-8-7-9-13-28)33-35-31-29-14-10-11-15-30(29)39-34(32(31)40-33,24-16-20-26(21-17-24)36(2)3)25-18-22-27(23-19-25)37(4)5/h10-11,14-23,28H,6-9,12-13H2,1-5H3. The van der Waals surface area contributed by atoms with E-state index in [1.54, 1.807) is 0 Å². The number of rotatable bonds is 7. The average molecular weight is 553 g/mol. The molecule has 0 unspecified atom stereocenters. The number of aromatic nitrogens is 1. The summed E-state index contributed by atoms with van der Waals surface area (Å²) >= 11 is 1.81. The smallest absolute Gasteiger partial charge is 0.195 e. The number of thiazole rings is 1. The highest BCUT2D eigenvalue weighted by Gasteiger charge is 2.47. The van der Waals surface area contributed by atoms with Crippen molar-refractivity contribution in [3.8, 4) is 17.0 Å². The van der Waals surface area contributed by atoms with Crippen molar-refractivity contribution in [2.75, 3.05) is 49.4 Å². The van der Waals surface area contributed by atoms with Crippen molar-refractivity contribution in [3.05, 3.63) is 88.8 Å². The van der Waals surface area contributed by atoms with Crippen LogP contribution in [-0.2, 0) is 5.60 Å². The second-order valence-electron chi connectivity index (χ2n) is 11.4. The van der Waals surface area contributed by atoms with Gasteiger partial charge in [-0.25, -0.2) is 4.98 Å². The molecule has 208 valence electrons. The summed E-state index contributed by atoms with van der Waals surface area (Å²) in [5, 5.41) is 1.11. The van der Waals surface area contributed by atoms with E-state index in [2.05, 4.69) is 123 Å². The minimum atomic E-state index is -0.804. The maximum absolute atomic E-state index is 7.22. The zero-order valence-corrected chi connectivity index (χ0v) is 25.2. The lowest BCUT2D eigenvalue weighted by Gasteiger charge is -2.39. The third-order valence-corrected chi connectivity index (χ3v) is 9.72. The van der Waals surface area contributed by atoms with E-state index in [9.17, 15) is 0 Å². The lowest BCUT2D eigenvalue weighted by atomic mass is 9.81. The van der Waals surface area contributed by atoms with E-state index in [0.717, 1.165) is 56.1 Å². The van der Waals surface area contributed by atoms with Gasteiger partial charge in [-0.3, -0.25) is 0 Å². The van der Waals surface area contributed by atoms with E-state index in [4.69, 9.17) is 9.72 Å². The number of ether oxygens (including phenoxy) is 1. The fourth-order valence-corrected chi connectivity index (χ4v) is 7.68. The van der Waals surface area contributed by atoms with Gasteiger partial charge >= 0.3 is 0 Å². The van der Waals surface area contributed by atoms with Gasteiger partial charge in [0.2, 0.25) is 0 Å². The summed E-state index contributed by atoms with van der Waals surface area (Å²) in [6.07, 6.45) is 6.44. The summed E-state index contributed by atoms with van der Waals surface area (Å²) in [6, 6.07) is 26.6. The number of benzene rings is 3. The quantitative estimate of drug-likeness (QED) is 0.234. The molecule has 0 radical (unpaired) electrons. The molecule has 6 heteroatoms. The first kappa shape index (κ1) is 26.7. The van der Waals surface area contributed by atoms with Crippen molar-refractivity contribution in [2.24, 2.45) is 0 Å². The minimum Gasteiger partial charge on any atom is -0.471 e. The molecule has 3 aromatic carbocycles. The number of anilines is 3. The number of hydrogen-bond acceptors (Lipinski definition) is 6. The summed E-state index contributed by atoms with van der Waals surface area (Å²) in [5.74, 6) is 0.876. The summed E-state index contributed by atoms with van der Waals surface area (Å²) in [5.41, 5.74) is 5.87. The van der Waals surface area contributed by atoms with Crippen molar-refractivity contribution in [3.63, 3.8) is 0 Å². The van der Waals surface area contributed by atoms with E-state index < -0.39 is 5.60 Å². The van der Waals surface area contributed by atoms with E-state index >= 15 is 0 Å². The van der Waals surface area contributed by atoms with Crippen LogP contribution in [0.15, 0.2) is 72.8 Å². The molecule has 1 aliphatic carbocycles. The molecule has 0 saturated heterocycles. The van der Waals surface area contributed by atoms with Gasteiger partial charge in [-0.2, -0.15) is 0 Å². The van der Waals surface area contributed by atoms with Crippen LogP contribution in [0.3, 0.4) is 0 Å². The molecule has 0 bridgehead atoms. The Morgan fingerprint density at radius 3 is 1.93 bits per heavy atom. The Bertz CT molecular complexity index is 1400. The number of para-hydroxylation sites is 1. The van der Waals surface area contributed by atoms with Gasteiger partial charge in [0.1, 0.15) is 5.75 Å². The minimum absolute atomic E-state index is 0.552. The summed E-state index contributed by atoms with van der Waals surface area (Å²) in [6.45, 7) is 3.23. The molecule has 2 heterocycles. The molecule has 2 aliphatic rings. The second kappa shape index (κ2) is 10.8. The average Bonchev–Trinajstić information content (AvgIpc) is 3.43. The highest BCUT2D eigenvalue weighted by atomic mass is 32.1. The van der Waals surface area contributed by atoms with Crippen LogP contribution in [0.4, 0.5) is 16.5 Å². The molecule has 1 aliphatic heterocycles. The van der Waals surface area contributed by atoms with Crippen molar-refractivity contribution >= 4 is 27.8 Å². The van der Waals surface area contributed by atoms with Crippen LogP contribution in [-0.4, -0.2) is 45.8 Å². The Balaban J connectivity index is 1.59. The van der Waals surface area contributed by atoms with Gasteiger partial charge in [0, 0.05) is 68.8 Å². The van der Waals surface area contributed by atoms with E-state index in [-0.39, 0.29) is 0 Å². The van der Waals surface area contributed by atoms with Crippen LogP contribution >= 0.6 is 11.3 Å². The Morgan fingerprint density at radius 2 is 1.38 bits per heavy atom. The normalized spacial score (nSPS) is 16.0. The fourth-order valence-electron chi connectivity index (χ4n) is 6.29. The number of nitrogens with zero attached hydrogens (tertiary/aromatic N) is 4. The first-order valence-electron chi connectivity index (χ1n) is 14.5. The van der Waals surface area contributed by atoms with Gasteiger partial charge in [0.05, 0.1) is 10.6 Å². The lowest BCUT2D eigenvalue weighted by molar-refractivity contribution is 0.156. The third kappa shape index (κ3) is 4.52. The van der Waals surface area contributed by atoms with Gasteiger partial charge in [-0.05, 0) is 56.2 Å². The topological polar surface area (TPSA) is 31.8 Å². The highest BCUT2D eigenvalue weighted by Crippen LogP contribution is 2.55. The predicted molar refractivity (Wildman–Crippen MR) is 169 cm³/mol. The van der Waals surface area contributed by atoms with Gasteiger partial charge in [0.25, 0.3) is 0 Å². The Labute approximate surface area is 243 Å². The first-order valence-corrected chi connectivity index (χ1v) is 15.4. The van der Waals surface area contributed by atoms with E-state index in [1.165, 1.54) is 32.1 Å². The predicted octanol–water partition coefficient (Wildman–Crippen LogP) is 7.79. The first-order chi connectivity index (χ1) is 19.4. The van der Waals surface area contributed by atoms with Crippen LogP contribution < -0.4 is 19.4 Å². The molecule has 0 N–H and O–H groups in total. The van der Waals surface area contributed by atoms with Crippen molar-refractivity contribution in [2.45, 2.75) is 50.7 Å². The fraction of sp³-hybridized carbons (Fsp3) is 0.382. The van der Waals surface area contributed by atoms with Gasteiger partial charge < -0.3 is 19.4 Å².